The van der Waals surface area contributed by atoms with E-state index in [0.717, 1.165) is 17.1 Å². The summed E-state index contributed by atoms with van der Waals surface area (Å²) in [7, 11) is 0. The zero-order chi connectivity index (χ0) is 16.7. The molecule has 0 aliphatic carbocycles. The van der Waals surface area contributed by atoms with E-state index in [-0.39, 0.29) is 0 Å². The highest BCUT2D eigenvalue weighted by Gasteiger charge is 2.06. The molecule has 2 aromatic rings. The Morgan fingerprint density at radius 3 is 2.18 bits per heavy atom. The summed E-state index contributed by atoms with van der Waals surface area (Å²) in [6, 6.07) is 4.00. The van der Waals surface area contributed by atoms with Crippen LogP contribution in [0.2, 0.25) is 0 Å². The van der Waals surface area contributed by atoms with Crippen LogP contribution in [0.15, 0.2) is 18.5 Å². The molecule has 0 aliphatic rings. The Balaban J connectivity index is 0.000000224. The van der Waals surface area contributed by atoms with Gasteiger partial charge in [0.1, 0.15) is 6.07 Å². The first kappa shape index (κ1) is 17.7. The molecule has 22 heavy (non-hydrogen) atoms. The van der Waals surface area contributed by atoms with Crippen LogP contribution < -0.4 is 0 Å². The summed E-state index contributed by atoms with van der Waals surface area (Å²) in [5.74, 6) is 0.876. The van der Waals surface area contributed by atoms with Gasteiger partial charge in [-0.3, -0.25) is 4.98 Å². The fourth-order valence-corrected chi connectivity index (χ4v) is 2.09. The van der Waals surface area contributed by atoms with Crippen LogP contribution in [0.3, 0.4) is 0 Å². The molecule has 0 aliphatic heterocycles. The van der Waals surface area contributed by atoms with Crippen molar-refractivity contribution >= 4 is 0 Å². The Morgan fingerprint density at radius 1 is 1.05 bits per heavy atom. The van der Waals surface area contributed by atoms with Crippen LogP contribution in [-0.4, -0.2) is 20.2 Å². The third-order valence-electron chi connectivity index (χ3n) is 3.22. The lowest BCUT2D eigenvalue weighted by Gasteiger charge is -2.06. The van der Waals surface area contributed by atoms with Gasteiger partial charge >= 0.3 is 0 Å². The van der Waals surface area contributed by atoms with Gasteiger partial charge in [-0.05, 0) is 37.3 Å². The fourth-order valence-electron chi connectivity index (χ4n) is 2.09. The van der Waals surface area contributed by atoms with Crippen molar-refractivity contribution in [2.24, 2.45) is 0 Å². The van der Waals surface area contributed by atoms with E-state index in [1.54, 1.807) is 6.20 Å². The summed E-state index contributed by atoms with van der Waals surface area (Å²) in [4.78, 5) is 8.25. The zero-order valence-electron chi connectivity index (χ0n) is 14.1. The van der Waals surface area contributed by atoms with E-state index in [9.17, 15) is 0 Å². The Bertz CT molecular complexity index is 656. The lowest BCUT2D eigenvalue weighted by atomic mass is 10.0. The number of hydrogen-bond donors (Lipinski definition) is 0. The van der Waals surface area contributed by atoms with Crippen molar-refractivity contribution in [2.45, 2.75) is 53.4 Å². The van der Waals surface area contributed by atoms with Crippen LogP contribution in [-0.2, 0) is 0 Å². The van der Waals surface area contributed by atoms with Crippen molar-refractivity contribution in [3.8, 4) is 6.07 Å². The third kappa shape index (κ3) is 4.88. The number of nitrogens with zero attached hydrogens (tertiary/aromatic N) is 5. The molecule has 0 saturated carbocycles. The lowest BCUT2D eigenvalue weighted by Crippen LogP contribution is -2.00. The second-order valence-electron chi connectivity index (χ2n) is 5.72. The molecule has 0 bridgehead atoms. The number of aromatic nitrogens is 4. The van der Waals surface area contributed by atoms with Crippen molar-refractivity contribution in [1.29, 1.82) is 5.26 Å². The van der Waals surface area contributed by atoms with E-state index < -0.39 is 0 Å². The van der Waals surface area contributed by atoms with Crippen LogP contribution in [0.1, 0.15) is 67.9 Å². The molecule has 0 N–H and O–H groups in total. The van der Waals surface area contributed by atoms with Gasteiger partial charge in [0.15, 0.2) is 5.69 Å². The number of rotatable bonds is 2. The molecule has 5 nitrogen and oxygen atoms in total. The number of aryl methyl sites for hydroxylation is 2. The van der Waals surface area contributed by atoms with Crippen molar-refractivity contribution in [3.63, 3.8) is 0 Å². The second-order valence-corrected chi connectivity index (χ2v) is 5.72. The minimum Gasteiger partial charge on any atom is -0.257 e. The summed E-state index contributed by atoms with van der Waals surface area (Å²) in [6.45, 7) is 12.3. The molecular weight excluding hydrogens is 274 g/mol. The van der Waals surface area contributed by atoms with Gasteiger partial charge in [0.25, 0.3) is 0 Å². The number of hydrogen-bond acceptors (Lipinski definition) is 5. The average Bonchev–Trinajstić information content (AvgIpc) is 2.48. The highest BCUT2D eigenvalue weighted by Crippen LogP contribution is 2.15. The standard InChI is InChI=1S/C9H11N3.C8H12N2/c1-6(2)9-7(3)11-5-8(4-10)12-9;1-6(2)8-4-5-9-10-7(8)3/h5-6H,1-3H3;4-6H,1-3H3. The Hall–Kier alpha value is -2.35. The van der Waals surface area contributed by atoms with E-state index in [0.29, 0.717) is 17.5 Å². The Labute approximate surface area is 132 Å². The first-order valence-corrected chi connectivity index (χ1v) is 7.38. The molecule has 2 heterocycles. The Morgan fingerprint density at radius 2 is 1.73 bits per heavy atom. The summed E-state index contributed by atoms with van der Waals surface area (Å²) in [5, 5.41) is 16.3. The van der Waals surface area contributed by atoms with Gasteiger partial charge in [-0.2, -0.15) is 15.5 Å². The van der Waals surface area contributed by atoms with Gasteiger partial charge in [-0.15, -0.1) is 0 Å². The van der Waals surface area contributed by atoms with Crippen LogP contribution in [0, 0.1) is 25.2 Å². The summed E-state index contributed by atoms with van der Waals surface area (Å²) >= 11 is 0. The largest absolute Gasteiger partial charge is 0.257 e. The molecule has 0 atom stereocenters. The molecule has 0 fully saturated rings. The normalized spacial score (nSPS) is 10.1. The van der Waals surface area contributed by atoms with Gasteiger partial charge in [-0.25, -0.2) is 4.98 Å². The molecule has 0 spiro atoms. The van der Waals surface area contributed by atoms with E-state index >= 15 is 0 Å². The molecule has 2 aromatic heterocycles. The van der Waals surface area contributed by atoms with Gasteiger partial charge in [0.2, 0.25) is 0 Å². The van der Waals surface area contributed by atoms with Crippen LogP contribution in [0.5, 0.6) is 0 Å². The average molecular weight is 297 g/mol. The quantitative estimate of drug-likeness (QED) is 0.845. The molecule has 0 aromatic carbocycles. The molecule has 0 radical (unpaired) electrons. The van der Waals surface area contributed by atoms with E-state index in [2.05, 4.69) is 34.0 Å². The van der Waals surface area contributed by atoms with Crippen LogP contribution in [0.25, 0.3) is 0 Å². The zero-order valence-corrected chi connectivity index (χ0v) is 14.1. The van der Waals surface area contributed by atoms with Crippen LogP contribution >= 0.6 is 0 Å². The number of nitriles is 1. The van der Waals surface area contributed by atoms with Crippen molar-refractivity contribution in [3.05, 3.63) is 46.8 Å². The van der Waals surface area contributed by atoms with Crippen molar-refractivity contribution in [2.75, 3.05) is 0 Å². The maximum absolute atomic E-state index is 8.58. The topological polar surface area (TPSA) is 75.3 Å². The molecule has 0 saturated heterocycles. The fraction of sp³-hybridized carbons (Fsp3) is 0.471. The monoisotopic (exact) mass is 297 g/mol. The first-order valence-electron chi connectivity index (χ1n) is 7.38. The van der Waals surface area contributed by atoms with E-state index in [4.69, 9.17) is 5.26 Å². The van der Waals surface area contributed by atoms with Gasteiger partial charge < -0.3 is 0 Å². The van der Waals surface area contributed by atoms with E-state index in [1.807, 2.05) is 39.8 Å². The highest BCUT2D eigenvalue weighted by atomic mass is 15.1. The smallest absolute Gasteiger partial charge is 0.159 e. The van der Waals surface area contributed by atoms with Gasteiger partial charge in [0.05, 0.1) is 23.3 Å². The molecule has 116 valence electrons. The molecule has 0 amide bonds. The summed E-state index contributed by atoms with van der Waals surface area (Å²) in [6.07, 6.45) is 3.24. The van der Waals surface area contributed by atoms with Gasteiger partial charge in [0, 0.05) is 6.20 Å². The Kier molecular flexibility index (Phi) is 6.58. The second kappa shape index (κ2) is 8.18. The molecule has 2 rings (SSSR count). The minimum absolute atomic E-state index is 0.325. The van der Waals surface area contributed by atoms with E-state index in [1.165, 1.54) is 11.8 Å². The molecule has 0 unspecified atom stereocenters. The van der Waals surface area contributed by atoms with Crippen molar-refractivity contribution < 1.29 is 0 Å². The predicted molar refractivity (Wildman–Crippen MR) is 86.4 cm³/mol. The maximum atomic E-state index is 8.58. The third-order valence-corrected chi connectivity index (χ3v) is 3.22. The van der Waals surface area contributed by atoms with Crippen LogP contribution in [0.4, 0.5) is 0 Å². The first-order chi connectivity index (χ1) is 10.4. The summed E-state index contributed by atoms with van der Waals surface area (Å²) < 4.78 is 0. The minimum atomic E-state index is 0.325. The predicted octanol–water partition coefficient (Wildman–Crippen LogP) is 3.69. The highest BCUT2D eigenvalue weighted by molar-refractivity contribution is 5.23. The summed E-state index contributed by atoms with van der Waals surface area (Å²) in [5.41, 5.74) is 4.54. The SMILES string of the molecule is Cc1ncc(C#N)nc1C(C)C.Cc1nnccc1C(C)C. The molecule has 5 heteroatoms. The van der Waals surface area contributed by atoms with Crippen molar-refractivity contribution in [1.82, 2.24) is 20.2 Å². The maximum Gasteiger partial charge on any atom is 0.159 e. The van der Waals surface area contributed by atoms with Gasteiger partial charge in [-0.1, -0.05) is 27.7 Å². The lowest BCUT2D eigenvalue weighted by molar-refractivity contribution is 0.792. The molecular formula is C17H23N5.